The van der Waals surface area contributed by atoms with Crippen LogP contribution in [0.15, 0.2) is 66.7 Å². The minimum absolute atomic E-state index is 0.0469. The standard InChI is InChI=1S/C26H23NO4/c1-15(28)30-18-11-12-22(24(14-18)31-16(2)29)26-21-9-5-8-20(21)25-19-7-4-3-6-17(19)10-13-23(25)27-26/h3-8,10-14,20-21,26-27H,9H2,1-2H3/t20-,21-,26+/m0/s1. The molecule has 0 aromatic heterocycles. The summed E-state index contributed by atoms with van der Waals surface area (Å²) >= 11 is 0. The fraction of sp³-hybridized carbons (Fsp3) is 0.231. The lowest BCUT2D eigenvalue weighted by Gasteiger charge is -2.38. The van der Waals surface area contributed by atoms with E-state index in [-0.39, 0.29) is 17.9 Å². The molecule has 0 bridgehead atoms. The number of ether oxygens (including phenoxy) is 2. The van der Waals surface area contributed by atoms with Gasteiger partial charge in [-0.1, -0.05) is 42.5 Å². The van der Waals surface area contributed by atoms with E-state index in [1.165, 1.54) is 30.2 Å². The van der Waals surface area contributed by atoms with Gasteiger partial charge in [0.2, 0.25) is 0 Å². The first-order valence-corrected chi connectivity index (χ1v) is 10.5. The number of benzene rings is 3. The van der Waals surface area contributed by atoms with E-state index in [4.69, 9.17) is 9.47 Å². The summed E-state index contributed by atoms with van der Waals surface area (Å²) in [5.74, 6) is 0.495. The molecule has 0 fully saturated rings. The van der Waals surface area contributed by atoms with Crippen LogP contribution < -0.4 is 14.8 Å². The van der Waals surface area contributed by atoms with E-state index < -0.39 is 11.9 Å². The zero-order chi connectivity index (χ0) is 21.5. The highest BCUT2D eigenvalue weighted by atomic mass is 16.5. The van der Waals surface area contributed by atoms with Crippen molar-refractivity contribution in [3.63, 3.8) is 0 Å². The SMILES string of the molecule is CC(=O)Oc1ccc([C@@H]2Nc3ccc4ccccc4c3[C@H]3C=CC[C@@H]32)c(OC(C)=O)c1. The van der Waals surface area contributed by atoms with Crippen LogP contribution in [0, 0.1) is 5.92 Å². The Bertz CT molecular complexity index is 1230. The van der Waals surface area contributed by atoms with Gasteiger partial charge in [-0.3, -0.25) is 9.59 Å². The van der Waals surface area contributed by atoms with Crippen molar-refractivity contribution in [3.8, 4) is 11.5 Å². The Kier molecular flexibility index (Phi) is 4.74. The maximum Gasteiger partial charge on any atom is 0.308 e. The van der Waals surface area contributed by atoms with Crippen LogP contribution in [-0.4, -0.2) is 11.9 Å². The van der Waals surface area contributed by atoms with Crippen molar-refractivity contribution in [2.24, 2.45) is 5.92 Å². The summed E-state index contributed by atoms with van der Waals surface area (Å²) in [6.45, 7) is 2.72. The summed E-state index contributed by atoms with van der Waals surface area (Å²) in [4.78, 5) is 23.2. The maximum absolute atomic E-state index is 11.8. The van der Waals surface area contributed by atoms with Crippen molar-refractivity contribution in [3.05, 3.63) is 77.9 Å². The third kappa shape index (κ3) is 3.46. The van der Waals surface area contributed by atoms with Gasteiger partial charge in [0.15, 0.2) is 0 Å². The third-order valence-electron chi connectivity index (χ3n) is 6.09. The second-order valence-electron chi connectivity index (χ2n) is 8.11. The molecule has 0 saturated carbocycles. The highest BCUT2D eigenvalue weighted by molar-refractivity contribution is 5.92. The molecule has 1 aliphatic heterocycles. The molecular weight excluding hydrogens is 390 g/mol. The number of esters is 2. The highest BCUT2D eigenvalue weighted by Crippen LogP contribution is 2.53. The van der Waals surface area contributed by atoms with E-state index in [1.807, 2.05) is 6.07 Å². The van der Waals surface area contributed by atoms with Crippen LogP contribution in [0.5, 0.6) is 11.5 Å². The van der Waals surface area contributed by atoms with Gasteiger partial charge in [0.05, 0.1) is 6.04 Å². The van der Waals surface area contributed by atoms with E-state index >= 15 is 0 Å². The largest absolute Gasteiger partial charge is 0.427 e. The van der Waals surface area contributed by atoms with Gasteiger partial charge in [0.1, 0.15) is 11.5 Å². The molecule has 0 saturated heterocycles. The Morgan fingerprint density at radius 1 is 0.968 bits per heavy atom. The van der Waals surface area contributed by atoms with Crippen molar-refractivity contribution in [2.45, 2.75) is 32.2 Å². The predicted octanol–water partition coefficient (Wildman–Crippen LogP) is 5.52. The van der Waals surface area contributed by atoms with Crippen LogP contribution in [0.1, 0.15) is 43.4 Å². The summed E-state index contributed by atoms with van der Waals surface area (Å²) in [5, 5.41) is 6.20. The van der Waals surface area contributed by atoms with Gasteiger partial charge >= 0.3 is 11.9 Å². The van der Waals surface area contributed by atoms with E-state index in [0.717, 1.165) is 17.7 Å². The number of carbonyl (C=O) groups is 2. The molecule has 31 heavy (non-hydrogen) atoms. The maximum atomic E-state index is 11.8. The summed E-state index contributed by atoms with van der Waals surface area (Å²) in [7, 11) is 0. The second kappa shape index (κ2) is 7.58. The molecule has 3 aromatic carbocycles. The molecule has 0 amide bonds. The minimum Gasteiger partial charge on any atom is -0.427 e. The molecule has 5 rings (SSSR count). The molecular formula is C26H23NO4. The second-order valence-corrected chi connectivity index (χ2v) is 8.11. The van der Waals surface area contributed by atoms with Crippen molar-refractivity contribution in [1.29, 1.82) is 0 Å². The number of fused-ring (bicyclic) bond motifs is 5. The monoisotopic (exact) mass is 413 g/mol. The lowest BCUT2D eigenvalue weighted by molar-refractivity contribution is -0.132. The predicted molar refractivity (Wildman–Crippen MR) is 119 cm³/mol. The van der Waals surface area contributed by atoms with Gasteiger partial charge in [-0.05, 0) is 46.9 Å². The Balaban J connectivity index is 1.61. The third-order valence-corrected chi connectivity index (χ3v) is 6.09. The zero-order valence-corrected chi connectivity index (χ0v) is 17.4. The number of nitrogens with one attached hydrogen (secondary N) is 1. The summed E-state index contributed by atoms with van der Waals surface area (Å²) < 4.78 is 10.7. The quantitative estimate of drug-likeness (QED) is 0.348. The fourth-order valence-corrected chi connectivity index (χ4v) is 4.93. The van der Waals surface area contributed by atoms with Gasteiger partial charge in [-0.25, -0.2) is 0 Å². The van der Waals surface area contributed by atoms with Crippen molar-refractivity contribution in [1.82, 2.24) is 0 Å². The number of allylic oxidation sites excluding steroid dienone is 2. The number of carbonyl (C=O) groups excluding carboxylic acids is 2. The van der Waals surface area contributed by atoms with E-state index in [1.54, 1.807) is 12.1 Å². The van der Waals surface area contributed by atoms with Crippen LogP contribution in [0.2, 0.25) is 0 Å². The van der Waals surface area contributed by atoms with Crippen LogP contribution >= 0.6 is 0 Å². The zero-order valence-electron chi connectivity index (χ0n) is 17.4. The van der Waals surface area contributed by atoms with Gasteiger partial charge in [-0.2, -0.15) is 0 Å². The summed E-state index contributed by atoms with van der Waals surface area (Å²) in [6, 6.07) is 17.9. The molecule has 3 aromatic rings. The first-order valence-electron chi connectivity index (χ1n) is 10.5. The van der Waals surface area contributed by atoms with E-state index in [0.29, 0.717) is 11.5 Å². The lowest BCUT2D eigenvalue weighted by Crippen LogP contribution is -2.29. The molecule has 1 heterocycles. The van der Waals surface area contributed by atoms with Crippen molar-refractivity contribution in [2.75, 3.05) is 5.32 Å². The Morgan fingerprint density at radius 2 is 1.77 bits per heavy atom. The summed E-state index contributed by atoms with van der Waals surface area (Å²) in [6.07, 6.45) is 5.46. The molecule has 1 aliphatic carbocycles. The number of hydrogen-bond donors (Lipinski definition) is 1. The highest BCUT2D eigenvalue weighted by Gasteiger charge is 2.40. The lowest BCUT2D eigenvalue weighted by atomic mass is 9.75. The van der Waals surface area contributed by atoms with E-state index in [9.17, 15) is 9.59 Å². The first kappa shape index (κ1) is 19.4. The smallest absolute Gasteiger partial charge is 0.308 e. The molecule has 0 unspecified atom stereocenters. The molecule has 1 N–H and O–H groups in total. The number of hydrogen-bond acceptors (Lipinski definition) is 5. The van der Waals surface area contributed by atoms with Gasteiger partial charge < -0.3 is 14.8 Å². The fourth-order valence-electron chi connectivity index (χ4n) is 4.93. The van der Waals surface area contributed by atoms with Gasteiger partial charge in [0.25, 0.3) is 0 Å². The molecule has 3 atom stereocenters. The first-order chi connectivity index (χ1) is 15.0. The molecule has 0 radical (unpaired) electrons. The number of anilines is 1. The Labute approximate surface area is 180 Å². The van der Waals surface area contributed by atoms with Crippen LogP contribution in [0.25, 0.3) is 10.8 Å². The molecule has 0 spiro atoms. The normalized spacial score (nSPS) is 21.2. The minimum atomic E-state index is -0.418. The topological polar surface area (TPSA) is 64.6 Å². The van der Waals surface area contributed by atoms with Gasteiger partial charge in [-0.15, -0.1) is 0 Å². The van der Waals surface area contributed by atoms with Crippen LogP contribution in [-0.2, 0) is 9.59 Å². The molecule has 156 valence electrons. The average Bonchev–Trinajstić information content (AvgIpc) is 3.22. The molecule has 2 aliphatic rings. The molecule has 5 nitrogen and oxygen atoms in total. The van der Waals surface area contributed by atoms with Crippen molar-refractivity contribution >= 4 is 28.4 Å². The Hall–Kier alpha value is -3.60. The van der Waals surface area contributed by atoms with Crippen LogP contribution in [0.3, 0.4) is 0 Å². The summed E-state index contributed by atoms with van der Waals surface area (Å²) in [5.41, 5.74) is 3.29. The molecule has 5 heteroatoms. The van der Waals surface area contributed by atoms with Crippen LogP contribution in [0.4, 0.5) is 5.69 Å². The van der Waals surface area contributed by atoms with Gasteiger partial charge in [0, 0.05) is 37.1 Å². The Morgan fingerprint density at radius 3 is 2.58 bits per heavy atom. The van der Waals surface area contributed by atoms with Crippen molar-refractivity contribution < 1.29 is 19.1 Å². The number of rotatable bonds is 3. The van der Waals surface area contributed by atoms with E-state index in [2.05, 4.69) is 53.9 Å². The average molecular weight is 413 g/mol.